The number of aromatic nitrogens is 1. The molecule has 1 amide bonds. The van der Waals surface area contributed by atoms with Crippen molar-refractivity contribution in [3.63, 3.8) is 0 Å². The third-order valence-corrected chi connectivity index (χ3v) is 6.88. The van der Waals surface area contributed by atoms with E-state index in [1.165, 1.54) is 18.3 Å². The Kier molecular flexibility index (Phi) is 5.18. The smallest absolute Gasteiger partial charge is 0.241 e. The van der Waals surface area contributed by atoms with Gasteiger partial charge in [0.2, 0.25) is 5.91 Å². The lowest BCUT2D eigenvalue weighted by Gasteiger charge is -2.36. The number of carbonyl (C=O) groups is 2. The number of primary amides is 1. The van der Waals surface area contributed by atoms with E-state index in [2.05, 4.69) is 11.1 Å². The number of nitriles is 1. The summed E-state index contributed by atoms with van der Waals surface area (Å²) in [6, 6.07) is 14.3. The monoisotopic (exact) mass is 472 g/mol. The highest BCUT2D eigenvalue weighted by molar-refractivity contribution is 6.30. The predicted octanol–water partition coefficient (Wildman–Crippen LogP) is 4.12. The van der Waals surface area contributed by atoms with Crippen LogP contribution in [0.5, 0.6) is 0 Å². The summed E-state index contributed by atoms with van der Waals surface area (Å²) in [5.74, 6) is -2.54. The molecule has 2 aromatic carbocycles. The van der Waals surface area contributed by atoms with E-state index in [0.717, 1.165) is 0 Å². The number of Topliss-reactive ketones (excluding diaryl/α,β-unsaturated/α-hetero) is 1. The molecule has 3 aromatic rings. The van der Waals surface area contributed by atoms with Gasteiger partial charge in [0.15, 0.2) is 11.2 Å². The first-order valence-corrected chi connectivity index (χ1v) is 10.9. The summed E-state index contributed by atoms with van der Waals surface area (Å²) in [5, 5.41) is 10.9. The van der Waals surface area contributed by atoms with Crippen LogP contribution in [0, 0.1) is 22.6 Å². The van der Waals surface area contributed by atoms with E-state index in [1.54, 1.807) is 65.7 Å². The summed E-state index contributed by atoms with van der Waals surface area (Å²) >= 11 is 6.02. The van der Waals surface area contributed by atoms with E-state index in [4.69, 9.17) is 17.3 Å². The van der Waals surface area contributed by atoms with Gasteiger partial charge in [-0.25, -0.2) is 4.39 Å². The van der Waals surface area contributed by atoms with E-state index in [9.17, 15) is 19.2 Å². The van der Waals surface area contributed by atoms with Gasteiger partial charge in [-0.2, -0.15) is 5.26 Å². The average Bonchev–Trinajstić information content (AvgIpc) is 3.16. The second-order valence-corrected chi connectivity index (χ2v) is 8.78. The SMILES string of the molecule is N#C[C@]1(C(N)=O)[C@H](c2cccnc2)[C@H](C(=O)c2ccc(Cl)cc2)N2c3ccc(F)cc3C=C[C@H]21. The Morgan fingerprint density at radius 3 is 2.59 bits per heavy atom. The summed E-state index contributed by atoms with van der Waals surface area (Å²) < 4.78 is 14.0. The number of amides is 1. The number of carbonyl (C=O) groups excluding carboxylic acids is 2. The summed E-state index contributed by atoms with van der Waals surface area (Å²) in [7, 11) is 0. The number of nitrogens with zero attached hydrogens (tertiary/aromatic N) is 3. The van der Waals surface area contributed by atoms with Crippen LogP contribution < -0.4 is 10.6 Å². The van der Waals surface area contributed by atoms with Crippen molar-refractivity contribution in [2.45, 2.75) is 18.0 Å². The van der Waals surface area contributed by atoms with Crippen molar-refractivity contribution in [2.24, 2.45) is 11.1 Å². The maximum atomic E-state index is 14.0. The van der Waals surface area contributed by atoms with Crippen molar-refractivity contribution in [1.29, 1.82) is 5.26 Å². The highest BCUT2D eigenvalue weighted by atomic mass is 35.5. The van der Waals surface area contributed by atoms with Crippen LogP contribution in [0.3, 0.4) is 0 Å². The van der Waals surface area contributed by atoms with Gasteiger partial charge in [0.05, 0.1) is 12.1 Å². The number of hydrogen-bond acceptors (Lipinski definition) is 5. The van der Waals surface area contributed by atoms with Crippen LogP contribution in [0.1, 0.15) is 27.4 Å². The number of pyridine rings is 1. The summed E-state index contributed by atoms with van der Waals surface area (Å²) in [6.45, 7) is 0. The third-order valence-electron chi connectivity index (χ3n) is 6.63. The zero-order valence-corrected chi connectivity index (χ0v) is 18.5. The van der Waals surface area contributed by atoms with Gasteiger partial charge < -0.3 is 10.6 Å². The molecule has 3 heterocycles. The Morgan fingerprint density at radius 2 is 1.94 bits per heavy atom. The first kappa shape index (κ1) is 21.8. The van der Waals surface area contributed by atoms with Crippen LogP contribution >= 0.6 is 11.6 Å². The summed E-state index contributed by atoms with van der Waals surface area (Å²) in [5.41, 5.74) is 6.09. The van der Waals surface area contributed by atoms with Gasteiger partial charge in [-0.3, -0.25) is 14.6 Å². The average molecular weight is 473 g/mol. The van der Waals surface area contributed by atoms with Crippen LogP contribution in [-0.2, 0) is 4.79 Å². The molecule has 2 aliphatic heterocycles. The minimum atomic E-state index is -1.78. The first-order valence-electron chi connectivity index (χ1n) is 10.6. The van der Waals surface area contributed by atoms with Crippen molar-refractivity contribution in [3.8, 4) is 6.07 Å². The second kappa shape index (κ2) is 8.08. The van der Waals surface area contributed by atoms with Gasteiger partial charge in [-0.05, 0) is 54.1 Å². The fourth-order valence-electron chi connectivity index (χ4n) is 5.18. The van der Waals surface area contributed by atoms with Crippen LogP contribution in [0.2, 0.25) is 5.02 Å². The Hall–Kier alpha value is -4.02. The zero-order chi connectivity index (χ0) is 24.0. The van der Waals surface area contributed by atoms with E-state index in [1.807, 2.05) is 0 Å². The van der Waals surface area contributed by atoms with Crippen LogP contribution in [0.15, 0.2) is 73.1 Å². The lowest BCUT2D eigenvalue weighted by molar-refractivity contribution is -0.125. The van der Waals surface area contributed by atoms with Gasteiger partial charge in [0.1, 0.15) is 11.9 Å². The molecule has 1 fully saturated rings. The minimum Gasteiger partial charge on any atom is -0.368 e. The molecule has 0 unspecified atom stereocenters. The van der Waals surface area contributed by atoms with Crippen molar-refractivity contribution in [3.05, 3.63) is 101 Å². The molecule has 1 saturated heterocycles. The van der Waals surface area contributed by atoms with E-state index < -0.39 is 35.1 Å². The molecule has 6 nitrogen and oxygen atoms in total. The Bertz CT molecular complexity index is 1370. The standard InChI is InChI=1S/C26H18ClFN4O2/c27-18-6-3-15(4-7-18)24(33)23-22(17-2-1-11-31-13-17)26(14-29,25(30)34)21-10-5-16-12-19(28)8-9-20(16)32(21)23/h1-13,21-23H,(H2,30,34)/t21-,22+,23+,26+/m0/s1. The third kappa shape index (κ3) is 3.11. The first-order chi connectivity index (χ1) is 16.4. The number of benzene rings is 2. The van der Waals surface area contributed by atoms with E-state index in [0.29, 0.717) is 27.4 Å². The number of rotatable bonds is 4. The maximum Gasteiger partial charge on any atom is 0.241 e. The summed E-state index contributed by atoms with van der Waals surface area (Å²) in [6.07, 6.45) is 6.41. The highest BCUT2D eigenvalue weighted by Gasteiger charge is 2.65. The van der Waals surface area contributed by atoms with Crippen molar-refractivity contribution >= 4 is 35.1 Å². The number of halogens is 2. The molecule has 5 rings (SSSR count). The van der Waals surface area contributed by atoms with Gasteiger partial charge in [0.25, 0.3) is 0 Å². The molecule has 0 saturated carbocycles. The van der Waals surface area contributed by atoms with Crippen molar-refractivity contribution in [2.75, 3.05) is 4.90 Å². The Balaban J connectivity index is 1.80. The molecule has 34 heavy (non-hydrogen) atoms. The fourth-order valence-corrected chi connectivity index (χ4v) is 5.30. The van der Waals surface area contributed by atoms with Gasteiger partial charge in [0, 0.05) is 40.1 Å². The molecule has 1 aromatic heterocycles. The van der Waals surface area contributed by atoms with E-state index in [-0.39, 0.29) is 5.78 Å². The van der Waals surface area contributed by atoms with Gasteiger partial charge in [-0.15, -0.1) is 0 Å². The normalized spacial score (nSPS) is 24.7. The molecule has 0 aliphatic carbocycles. The van der Waals surface area contributed by atoms with E-state index >= 15 is 0 Å². The Labute approximate surface area is 200 Å². The number of anilines is 1. The Morgan fingerprint density at radius 1 is 1.18 bits per heavy atom. The number of ketones is 1. The molecule has 0 radical (unpaired) electrons. The molecule has 168 valence electrons. The lowest BCUT2D eigenvalue weighted by Crippen LogP contribution is -2.49. The molecule has 2 N–H and O–H groups in total. The minimum absolute atomic E-state index is 0.320. The largest absolute Gasteiger partial charge is 0.368 e. The highest BCUT2D eigenvalue weighted by Crippen LogP contribution is 2.55. The fraction of sp³-hybridized carbons (Fsp3) is 0.154. The number of fused-ring (bicyclic) bond motifs is 3. The van der Waals surface area contributed by atoms with Crippen LogP contribution in [-0.4, -0.2) is 28.8 Å². The topological polar surface area (TPSA) is 100 Å². The second-order valence-electron chi connectivity index (χ2n) is 8.34. The van der Waals surface area contributed by atoms with Gasteiger partial charge >= 0.3 is 0 Å². The quantitative estimate of drug-likeness (QED) is 0.576. The molecular formula is C26H18ClFN4O2. The van der Waals surface area contributed by atoms with Crippen LogP contribution in [0.25, 0.3) is 6.08 Å². The number of hydrogen-bond donors (Lipinski definition) is 1. The number of nitrogens with two attached hydrogens (primary N) is 1. The van der Waals surface area contributed by atoms with Crippen LogP contribution in [0.4, 0.5) is 10.1 Å². The van der Waals surface area contributed by atoms with Gasteiger partial charge in [-0.1, -0.05) is 29.8 Å². The predicted molar refractivity (Wildman–Crippen MR) is 125 cm³/mol. The molecular weight excluding hydrogens is 455 g/mol. The molecule has 2 aliphatic rings. The molecule has 0 spiro atoms. The lowest BCUT2D eigenvalue weighted by atomic mass is 9.68. The van der Waals surface area contributed by atoms with Crippen molar-refractivity contribution in [1.82, 2.24) is 4.98 Å². The molecule has 4 atom stereocenters. The zero-order valence-electron chi connectivity index (χ0n) is 17.7. The molecule has 0 bridgehead atoms. The van der Waals surface area contributed by atoms with Crippen molar-refractivity contribution < 1.29 is 14.0 Å². The summed E-state index contributed by atoms with van der Waals surface area (Å²) in [4.78, 5) is 33.0. The molecule has 8 heteroatoms. The maximum absolute atomic E-state index is 14.0.